The van der Waals surface area contributed by atoms with Crippen LogP contribution in [0.1, 0.15) is 35.8 Å². The summed E-state index contributed by atoms with van der Waals surface area (Å²) in [5, 5.41) is 10.6. The number of esters is 1. The van der Waals surface area contributed by atoms with Crippen molar-refractivity contribution in [2.45, 2.75) is 24.0 Å². The average Bonchev–Trinajstić information content (AvgIpc) is 3.27. The highest BCUT2D eigenvalue weighted by Crippen LogP contribution is 2.36. The Morgan fingerprint density at radius 2 is 1.97 bits per heavy atom. The average molecular weight is 526 g/mol. The summed E-state index contributed by atoms with van der Waals surface area (Å²) in [5.74, 6) is 1.31. The van der Waals surface area contributed by atoms with E-state index in [-0.39, 0.29) is 18.4 Å². The fourth-order valence-electron chi connectivity index (χ4n) is 4.46. The molecule has 3 aromatic rings. The summed E-state index contributed by atoms with van der Waals surface area (Å²) < 4.78 is 12.4. The minimum Gasteiger partial charge on any atom is -0.469 e. The molecule has 10 heteroatoms. The highest BCUT2D eigenvalue weighted by Gasteiger charge is 2.30. The molecule has 8 nitrogen and oxygen atoms in total. The van der Waals surface area contributed by atoms with Crippen molar-refractivity contribution in [3.8, 4) is 5.69 Å². The lowest BCUT2D eigenvalue weighted by atomic mass is 10.0. The van der Waals surface area contributed by atoms with Gasteiger partial charge in [-0.3, -0.25) is 19.3 Å². The fourth-order valence-corrected chi connectivity index (χ4v) is 5.58. The largest absolute Gasteiger partial charge is 0.469 e. The quantitative estimate of drug-likeness (QED) is 0.322. The zero-order chi connectivity index (χ0) is 24.9. The topological polar surface area (TPSA) is 81.8 Å². The molecule has 2 aliphatic rings. The molecule has 1 saturated heterocycles. The number of carbonyl (C=O) groups excluding carboxylic acids is 1. The van der Waals surface area contributed by atoms with Crippen molar-refractivity contribution in [2.75, 3.05) is 45.7 Å². The molecule has 5 rings (SSSR count). The molecule has 0 spiro atoms. The highest BCUT2D eigenvalue weighted by atomic mass is 35.5. The van der Waals surface area contributed by atoms with Crippen molar-refractivity contribution in [1.82, 2.24) is 19.7 Å². The molecule has 1 atom stereocenters. The third kappa shape index (κ3) is 5.49. The Morgan fingerprint density at radius 1 is 1.17 bits per heavy atom. The van der Waals surface area contributed by atoms with Crippen molar-refractivity contribution in [2.24, 2.45) is 4.99 Å². The maximum absolute atomic E-state index is 12.0. The van der Waals surface area contributed by atoms with Crippen LogP contribution < -0.4 is 0 Å². The highest BCUT2D eigenvalue weighted by molar-refractivity contribution is 7.99. The second-order valence-electron chi connectivity index (χ2n) is 8.61. The maximum atomic E-state index is 12.0. The first-order valence-corrected chi connectivity index (χ1v) is 13.4. The molecular formula is C26H28ClN5O3S. The van der Waals surface area contributed by atoms with Gasteiger partial charge in [0.05, 0.1) is 31.7 Å². The molecule has 188 valence electrons. The summed E-state index contributed by atoms with van der Waals surface area (Å²) in [6.07, 6.45) is 0.692. The number of hydrogen-bond donors (Lipinski definition) is 0. The summed E-state index contributed by atoms with van der Waals surface area (Å²) in [6.45, 7) is 4.40. The second kappa shape index (κ2) is 11.6. The van der Waals surface area contributed by atoms with Crippen LogP contribution >= 0.6 is 23.4 Å². The fraction of sp³-hybridized carbons (Fsp3) is 0.385. The Labute approximate surface area is 219 Å². The van der Waals surface area contributed by atoms with E-state index < -0.39 is 0 Å². The number of halogens is 1. The van der Waals surface area contributed by atoms with Gasteiger partial charge in [-0.05, 0) is 24.6 Å². The molecule has 0 aliphatic carbocycles. The number of thioether (sulfide) groups is 1. The van der Waals surface area contributed by atoms with Crippen LogP contribution in [0.25, 0.3) is 5.69 Å². The van der Waals surface area contributed by atoms with Crippen LogP contribution in [0, 0.1) is 0 Å². The predicted molar refractivity (Wildman–Crippen MR) is 140 cm³/mol. The Kier molecular flexibility index (Phi) is 8.01. The Bertz CT molecular complexity index is 1240. The van der Waals surface area contributed by atoms with Gasteiger partial charge in [0.2, 0.25) is 0 Å². The maximum Gasteiger partial charge on any atom is 0.305 e. The predicted octanol–water partition coefficient (Wildman–Crippen LogP) is 4.19. The number of hydrogen-bond acceptors (Lipinski definition) is 8. The van der Waals surface area contributed by atoms with Gasteiger partial charge in [-0.2, -0.15) is 0 Å². The first-order chi connectivity index (χ1) is 17.6. The van der Waals surface area contributed by atoms with Crippen LogP contribution in [0.3, 0.4) is 0 Å². The molecular weight excluding hydrogens is 498 g/mol. The smallest absolute Gasteiger partial charge is 0.305 e. The number of benzene rings is 2. The minimum atomic E-state index is -0.369. The zero-order valence-electron chi connectivity index (χ0n) is 20.1. The van der Waals surface area contributed by atoms with Gasteiger partial charge in [0, 0.05) is 48.0 Å². The monoisotopic (exact) mass is 525 g/mol. The number of methoxy groups -OCH3 is 1. The van der Waals surface area contributed by atoms with Gasteiger partial charge in [0.25, 0.3) is 0 Å². The van der Waals surface area contributed by atoms with Crippen LogP contribution in [0.2, 0.25) is 5.02 Å². The number of fused-ring (bicyclic) bond motifs is 3. The van der Waals surface area contributed by atoms with E-state index in [2.05, 4.69) is 19.7 Å². The Morgan fingerprint density at radius 3 is 2.75 bits per heavy atom. The van der Waals surface area contributed by atoms with Gasteiger partial charge in [0.1, 0.15) is 6.04 Å². The standard InChI is InChI=1S/C26H28ClN5O3S/c1-34-23(33)10-8-21-25-29-30-26(36-16-13-31-11-14-35-15-12-31)32(25)22-9-7-19(27)17-20(22)24(28-21)18-5-3-2-4-6-18/h2-7,9,17,21H,8,10-16H2,1H3/t21-/m0/s1. The molecule has 0 saturated carbocycles. The van der Waals surface area contributed by atoms with Gasteiger partial charge >= 0.3 is 5.97 Å². The second-order valence-corrected chi connectivity index (χ2v) is 10.1. The number of aliphatic imine (C=N–C) groups is 1. The normalized spacial score (nSPS) is 17.6. The van der Waals surface area contributed by atoms with E-state index in [1.165, 1.54) is 7.11 Å². The third-order valence-corrected chi connectivity index (χ3v) is 7.48. The van der Waals surface area contributed by atoms with Crippen LogP contribution in [-0.2, 0) is 14.3 Å². The molecule has 0 unspecified atom stereocenters. The molecule has 2 aromatic carbocycles. The summed E-state index contributed by atoms with van der Waals surface area (Å²) in [4.78, 5) is 19.6. The molecule has 0 amide bonds. The van der Waals surface area contributed by atoms with Gasteiger partial charge in [-0.1, -0.05) is 53.7 Å². The Hall–Kier alpha value is -2.72. The summed E-state index contributed by atoms with van der Waals surface area (Å²) in [6, 6.07) is 15.5. The Balaban J connectivity index is 1.54. The molecule has 0 N–H and O–H groups in total. The van der Waals surface area contributed by atoms with E-state index in [0.717, 1.165) is 66.3 Å². The lowest BCUT2D eigenvalue weighted by Gasteiger charge is -2.26. The molecule has 3 heterocycles. The lowest BCUT2D eigenvalue weighted by Crippen LogP contribution is -2.37. The van der Waals surface area contributed by atoms with E-state index in [1.807, 2.05) is 48.5 Å². The van der Waals surface area contributed by atoms with Crippen molar-refractivity contribution in [3.63, 3.8) is 0 Å². The first kappa shape index (κ1) is 25.0. The minimum absolute atomic E-state index is 0.232. The van der Waals surface area contributed by atoms with Crippen LogP contribution in [-0.4, -0.2) is 77.1 Å². The third-order valence-electron chi connectivity index (χ3n) is 6.34. The summed E-state index contributed by atoms with van der Waals surface area (Å²) in [5.41, 5.74) is 3.63. The van der Waals surface area contributed by atoms with Gasteiger partial charge in [-0.15, -0.1) is 10.2 Å². The van der Waals surface area contributed by atoms with Crippen LogP contribution in [0.4, 0.5) is 0 Å². The van der Waals surface area contributed by atoms with E-state index in [1.54, 1.807) is 11.8 Å². The number of ether oxygens (including phenoxy) is 2. The van der Waals surface area contributed by atoms with Gasteiger partial charge < -0.3 is 9.47 Å². The number of aromatic nitrogens is 3. The molecule has 2 aliphatic heterocycles. The van der Waals surface area contributed by atoms with Crippen LogP contribution in [0.15, 0.2) is 58.7 Å². The van der Waals surface area contributed by atoms with E-state index in [4.69, 9.17) is 26.1 Å². The van der Waals surface area contributed by atoms with E-state index >= 15 is 0 Å². The molecule has 1 fully saturated rings. The van der Waals surface area contributed by atoms with Crippen molar-refractivity contribution in [1.29, 1.82) is 0 Å². The SMILES string of the molecule is COC(=O)CC[C@@H]1N=C(c2ccccc2)c2cc(Cl)ccc2-n2c(SCCN3CCOCC3)nnc21. The van der Waals surface area contributed by atoms with Gasteiger partial charge in [0.15, 0.2) is 11.0 Å². The summed E-state index contributed by atoms with van der Waals surface area (Å²) in [7, 11) is 1.40. The van der Waals surface area contributed by atoms with E-state index in [0.29, 0.717) is 17.3 Å². The molecule has 1 aromatic heterocycles. The number of carbonyl (C=O) groups is 1. The van der Waals surface area contributed by atoms with E-state index in [9.17, 15) is 4.79 Å². The van der Waals surface area contributed by atoms with Crippen molar-refractivity contribution < 1.29 is 14.3 Å². The number of rotatable bonds is 8. The molecule has 36 heavy (non-hydrogen) atoms. The lowest BCUT2D eigenvalue weighted by molar-refractivity contribution is -0.140. The molecule has 0 bridgehead atoms. The number of morpholine rings is 1. The van der Waals surface area contributed by atoms with Crippen LogP contribution in [0.5, 0.6) is 0 Å². The summed E-state index contributed by atoms with van der Waals surface area (Å²) >= 11 is 8.15. The van der Waals surface area contributed by atoms with Gasteiger partial charge in [-0.25, -0.2) is 0 Å². The molecule has 0 radical (unpaired) electrons. The zero-order valence-corrected chi connectivity index (χ0v) is 21.7. The number of nitrogens with zero attached hydrogens (tertiary/aromatic N) is 5. The van der Waals surface area contributed by atoms with Crippen molar-refractivity contribution >= 4 is 35.0 Å². The van der Waals surface area contributed by atoms with Crippen molar-refractivity contribution in [3.05, 3.63) is 70.5 Å². The first-order valence-electron chi connectivity index (χ1n) is 12.0.